The first kappa shape index (κ1) is 29.6. The molecule has 1 fully saturated rings. The van der Waals surface area contributed by atoms with Crippen LogP contribution < -0.4 is 15.8 Å². The molecular weight excluding hydrogens is 545 g/mol. The number of nitrogens with two attached hydrogens (primary N) is 1. The molecule has 0 bridgehead atoms. The summed E-state index contributed by atoms with van der Waals surface area (Å²) >= 11 is 0. The van der Waals surface area contributed by atoms with Crippen molar-refractivity contribution in [3.63, 3.8) is 0 Å². The molecule has 1 saturated heterocycles. The van der Waals surface area contributed by atoms with Gasteiger partial charge in [0.25, 0.3) is 0 Å². The Labute approximate surface area is 224 Å². The summed E-state index contributed by atoms with van der Waals surface area (Å²) in [6.07, 6.45) is -7.94. The number of halogens is 5. The van der Waals surface area contributed by atoms with E-state index in [1.165, 1.54) is 13.0 Å². The first-order valence-corrected chi connectivity index (χ1v) is 12.2. The highest BCUT2D eigenvalue weighted by Crippen LogP contribution is 2.59. The van der Waals surface area contributed by atoms with Crippen LogP contribution in [-0.4, -0.2) is 63.1 Å². The minimum absolute atomic E-state index is 0.0127. The topological polar surface area (TPSA) is 156 Å². The van der Waals surface area contributed by atoms with Crippen molar-refractivity contribution in [1.82, 2.24) is 15.0 Å². The quantitative estimate of drug-likeness (QED) is 0.257. The van der Waals surface area contributed by atoms with Crippen LogP contribution >= 0.6 is 0 Å². The van der Waals surface area contributed by atoms with E-state index in [4.69, 9.17) is 15.2 Å². The zero-order valence-electron chi connectivity index (χ0n) is 21.6. The van der Waals surface area contributed by atoms with Gasteiger partial charge in [-0.3, -0.25) is 4.79 Å². The summed E-state index contributed by atoms with van der Waals surface area (Å²) in [5.41, 5.74) is 2.55. The molecule has 40 heavy (non-hydrogen) atoms. The summed E-state index contributed by atoms with van der Waals surface area (Å²) < 4.78 is 82.3. The Morgan fingerprint density at radius 3 is 2.62 bits per heavy atom. The monoisotopic (exact) mass is 573 g/mol. The molecule has 1 aliphatic rings. The molecule has 3 aromatic rings. The van der Waals surface area contributed by atoms with Crippen LogP contribution in [0, 0.1) is 17.6 Å². The van der Waals surface area contributed by atoms with Crippen molar-refractivity contribution >= 4 is 22.8 Å². The molecule has 0 saturated carbocycles. The molecular formula is C25H28F5N5O5. The van der Waals surface area contributed by atoms with Gasteiger partial charge in [0, 0.05) is 36.4 Å². The van der Waals surface area contributed by atoms with Crippen LogP contribution in [0.25, 0.3) is 11.0 Å². The molecule has 0 aliphatic carbocycles. The fraction of sp³-hybridized carbons (Fsp3) is 0.480. The van der Waals surface area contributed by atoms with Gasteiger partial charge in [-0.25, -0.2) is 14.4 Å². The number of fused-ring (bicyclic) bond motifs is 1. The number of hydrogen-bond acceptors (Lipinski definition) is 8. The number of hydrogen-bond donors (Lipinski definition) is 5. The number of methoxy groups -OCH3 is 1. The maximum absolute atomic E-state index is 14.7. The molecule has 4 rings (SSSR count). The Hall–Kier alpha value is -3.40. The number of nitrogens with one attached hydrogen (secondary N) is 2. The fourth-order valence-corrected chi connectivity index (χ4v) is 4.96. The lowest BCUT2D eigenvalue weighted by molar-refractivity contribution is -0.275. The molecule has 5 atom stereocenters. The number of rotatable bonds is 8. The predicted molar refractivity (Wildman–Crippen MR) is 131 cm³/mol. The van der Waals surface area contributed by atoms with E-state index in [0.717, 1.165) is 26.2 Å². The second-order valence-corrected chi connectivity index (χ2v) is 9.64. The van der Waals surface area contributed by atoms with Crippen LogP contribution in [0.2, 0.25) is 0 Å². The van der Waals surface area contributed by atoms with Gasteiger partial charge in [-0.15, -0.1) is 0 Å². The highest BCUT2D eigenvalue weighted by Gasteiger charge is 2.65. The van der Waals surface area contributed by atoms with Crippen molar-refractivity contribution in [1.29, 1.82) is 0 Å². The van der Waals surface area contributed by atoms with E-state index in [-0.39, 0.29) is 46.9 Å². The average molecular weight is 574 g/mol. The molecule has 0 radical (unpaired) electrons. The molecule has 218 valence electrons. The van der Waals surface area contributed by atoms with Gasteiger partial charge in [0.15, 0.2) is 17.2 Å². The lowest BCUT2D eigenvalue weighted by atomic mass is 9.77. The summed E-state index contributed by atoms with van der Waals surface area (Å²) in [5.74, 6) is -6.44. The van der Waals surface area contributed by atoms with E-state index in [2.05, 4.69) is 20.3 Å². The lowest BCUT2D eigenvalue weighted by Crippen LogP contribution is -2.46. The Balaban J connectivity index is 1.91. The average Bonchev–Trinajstić information content (AvgIpc) is 3.43. The number of nitrogens with zero attached hydrogens (tertiary/aromatic N) is 2. The molecule has 10 nitrogen and oxygen atoms in total. The number of aromatic amines is 1. The number of carbonyl (C=O) groups is 1. The molecule has 0 unspecified atom stereocenters. The van der Waals surface area contributed by atoms with Gasteiger partial charge in [0.05, 0.1) is 19.2 Å². The Morgan fingerprint density at radius 2 is 2.02 bits per heavy atom. The number of pyridine rings is 1. The van der Waals surface area contributed by atoms with Crippen molar-refractivity contribution in [2.75, 3.05) is 25.6 Å². The summed E-state index contributed by atoms with van der Waals surface area (Å²) in [7, 11) is 1.07. The van der Waals surface area contributed by atoms with Crippen LogP contribution in [0.4, 0.5) is 27.8 Å². The molecule has 6 N–H and O–H groups in total. The SMILES string of the molecule is COc1c([C@H]2[C@H](c3nc4c([C@@H](O)CO)nc(NC(=O)CCN)cc4[nH]3)O[C@@](C)(C(F)(F)F)[C@H]2C)ccc(F)c1F. The van der Waals surface area contributed by atoms with E-state index in [9.17, 15) is 37.0 Å². The number of anilines is 1. The summed E-state index contributed by atoms with van der Waals surface area (Å²) in [4.78, 5) is 23.4. The van der Waals surface area contributed by atoms with Gasteiger partial charge in [0.1, 0.15) is 35.1 Å². The highest BCUT2D eigenvalue weighted by molar-refractivity contribution is 5.92. The molecule has 1 aromatic carbocycles. The maximum atomic E-state index is 14.7. The Kier molecular flexibility index (Phi) is 8.04. The van der Waals surface area contributed by atoms with Crippen LogP contribution in [0.15, 0.2) is 18.2 Å². The Bertz CT molecular complexity index is 1420. The standard InChI is InChI=1S/C25H28F5N5O5/c1-10-17(11-4-5-12(26)18(27)21(11)39-3)22(40-24(10,2)25(28,29)30)23-32-13-8-15(33-16(38)6-7-31)34-20(14(37)9-36)19(13)35-23/h4-5,8,10,14,17,22,36-37H,6-7,9,31H2,1-3H3,(H,32,35)(H,33,34,38)/t10-,14-,17-,22+,24+/m0/s1. The molecule has 1 aliphatic heterocycles. The number of carbonyl (C=O) groups excluding carboxylic acids is 1. The van der Waals surface area contributed by atoms with E-state index in [1.54, 1.807) is 0 Å². The number of H-pyrrole nitrogens is 1. The van der Waals surface area contributed by atoms with E-state index in [0.29, 0.717) is 0 Å². The first-order valence-electron chi connectivity index (χ1n) is 12.2. The molecule has 1 amide bonds. The number of aliphatic hydroxyl groups excluding tert-OH is 2. The van der Waals surface area contributed by atoms with E-state index >= 15 is 0 Å². The van der Waals surface area contributed by atoms with Gasteiger partial charge < -0.3 is 35.7 Å². The number of benzene rings is 1. The van der Waals surface area contributed by atoms with Crippen LogP contribution in [0.5, 0.6) is 5.75 Å². The maximum Gasteiger partial charge on any atom is 0.417 e. The van der Waals surface area contributed by atoms with Crippen molar-refractivity contribution < 1.29 is 46.4 Å². The summed E-state index contributed by atoms with van der Waals surface area (Å²) in [6, 6.07) is 3.25. The van der Waals surface area contributed by atoms with Crippen molar-refractivity contribution in [2.24, 2.45) is 11.7 Å². The van der Waals surface area contributed by atoms with Crippen LogP contribution in [-0.2, 0) is 9.53 Å². The predicted octanol–water partition coefficient (Wildman–Crippen LogP) is 3.37. The van der Waals surface area contributed by atoms with Gasteiger partial charge >= 0.3 is 6.18 Å². The van der Waals surface area contributed by atoms with Crippen LogP contribution in [0.3, 0.4) is 0 Å². The summed E-state index contributed by atoms with van der Waals surface area (Å²) in [5, 5.41) is 22.4. The molecule has 3 heterocycles. The zero-order valence-corrected chi connectivity index (χ0v) is 21.6. The van der Waals surface area contributed by atoms with Crippen molar-refractivity contribution in [3.8, 4) is 5.75 Å². The fourth-order valence-electron chi connectivity index (χ4n) is 4.96. The number of amides is 1. The molecule has 0 spiro atoms. The smallest absolute Gasteiger partial charge is 0.417 e. The third-order valence-electron chi connectivity index (χ3n) is 7.22. The first-order chi connectivity index (χ1) is 18.8. The molecule has 15 heteroatoms. The van der Waals surface area contributed by atoms with E-state index < -0.39 is 65.7 Å². The van der Waals surface area contributed by atoms with Crippen molar-refractivity contribution in [2.45, 2.75) is 50.2 Å². The van der Waals surface area contributed by atoms with Gasteiger partial charge in [0.2, 0.25) is 11.7 Å². The molecule has 2 aromatic heterocycles. The van der Waals surface area contributed by atoms with Crippen molar-refractivity contribution in [3.05, 3.63) is 46.9 Å². The second kappa shape index (κ2) is 10.9. The number of imidazole rings is 1. The van der Waals surface area contributed by atoms with Gasteiger partial charge in [-0.05, 0) is 13.0 Å². The lowest BCUT2D eigenvalue weighted by Gasteiger charge is -2.32. The van der Waals surface area contributed by atoms with Gasteiger partial charge in [-0.2, -0.15) is 17.6 Å². The van der Waals surface area contributed by atoms with Gasteiger partial charge in [-0.1, -0.05) is 13.0 Å². The number of aromatic nitrogens is 3. The second-order valence-electron chi connectivity index (χ2n) is 9.64. The largest absolute Gasteiger partial charge is 0.493 e. The minimum Gasteiger partial charge on any atom is -0.493 e. The zero-order chi connectivity index (χ0) is 29.6. The third-order valence-corrected chi connectivity index (χ3v) is 7.22. The number of aliphatic hydroxyl groups is 2. The van der Waals surface area contributed by atoms with Crippen LogP contribution in [0.1, 0.15) is 55.5 Å². The minimum atomic E-state index is -4.86. The Morgan fingerprint density at radius 1 is 1.32 bits per heavy atom. The third kappa shape index (κ3) is 4.98. The normalized spacial score (nSPS) is 23.9. The van der Waals surface area contributed by atoms with E-state index in [1.807, 2.05) is 0 Å². The summed E-state index contributed by atoms with van der Waals surface area (Å²) in [6.45, 7) is 1.41. The number of alkyl halides is 3. The highest BCUT2D eigenvalue weighted by atomic mass is 19.4. The number of ether oxygens (including phenoxy) is 2.